The van der Waals surface area contributed by atoms with Crippen molar-refractivity contribution in [2.24, 2.45) is 17.8 Å². The fraction of sp³-hybridized carbons (Fsp3) is 0.571. The van der Waals surface area contributed by atoms with Crippen molar-refractivity contribution >= 4 is 0 Å². The van der Waals surface area contributed by atoms with Crippen LogP contribution in [0.3, 0.4) is 0 Å². The predicted octanol–water partition coefficient (Wildman–Crippen LogP) is 8.21. The van der Waals surface area contributed by atoms with Crippen LogP contribution >= 0.6 is 0 Å². The molecule has 0 N–H and O–H groups in total. The van der Waals surface area contributed by atoms with E-state index in [0.29, 0.717) is 17.9 Å². The van der Waals surface area contributed by atoms with Gasteiger partial charge in [0.05, 0.1) is 0 Å². The summed E-state index contributed by atoms with van der Waals surface area (Å²) in [6, 6.07) is 11.7. The Balaban J connectivity index is 1.32. The van der Waals surface area contributed by atoms with Crippen molar-refractivity contribution in [1.82, 2.24) is 0 Å². The first-order valence-electron chi connectivity index (χ1n) is 12.3. The van der Waals surface area contributed by atoms with Crippen LogP contribution in [0, 0.1) is 29.4 Å². The normalized spacial score (nSPS) is 25.8. The Hall–Kier alpha value is -1.90. The number of rotatable bonds is 7. The van der Waals surface area contributed by atoms with E-state index in [-0.39, 0.29) is 12.4 Å². The van der Waals surface area contributed by atoms with Crippen molar-refractivity contribution in [2.45, 2.75) is 84.2 Å². The first-order chi connectivity index (χ1) is 15.1. The van der Waals surface area contributed by atoms with Gasteiger partial charge >= 0.3 is 0 Å². The van der Waals surface area contributed by atoms with Gasteiger partial charge in [-0.25, -0.2) is 4.39 Å². The first-order valence-corrected chi connectivity index (χ1v) is 12.3. The van der Waals surface area contributed by atoms with Gasteiger partial charge in [0.2, 0.25) is 5.82 Å². The highest BCUT2D eigenvalue weighted by Crippen LogP contribution is 2.48. The maximum atomic E-state index is 14.2. The molecular formula is C28H36F2O. The molecule has 2 fully saturated rings. The van der Waals surface area contributed by atoms with Gasteiger partial charge in [-0.3, -0.25) is 0 Å². The molecule has 1 nitrogen and oxygen atoms in total. The molecule has 2 aliphatic rings. The van der Waals surface area contributed by atoms with E-state index in [1.165, 1.54) is 63.0 Å². The second-order valence-corrected chi connectivity index (χ2v) is 9.73. The summed E-state index contributed by atoms with van der Waals surface area (Å²) in [4.78, 5) is 0. The predicted molar refractivity (Wildman–Crippen MR) is 122 cm³/mol. The minimum atomic E-state index is -0.888. The highest BCUT2D eigenvalue weighted by atomic mass is 19.2. The van der Waals surface area contributed by atoms with Crippen LogP contribution in [0.2, 0.25) is 0 Å². The molecule has 0 radical (unpaired) electrons. The number of aryl methyl sites for hydroxylation is 1. The zero-order valence-corrected chi connectivity index (χ0v) is 19.0. The Morgan fingerprint density at radius 3 is 2.32 bits per heavy atom. The molecule has 2 aromatic rings. The molecule has 31 heavy (non-hydrogen) atoms. The lowest BCUT2D eigenvalue weighted by molar-refractivity contribution is 0.114. The van der Waals surface area contributed by atoms with E-state index in [2.05, 4.69) is 31.2 Å². The van der Waals surface area contributed by atoms with Crippen LogP contribution in [0.5, 0.6) is 5.75 Å². The van der Waals surface area contributed by atoms with Crippen LogP contribution in [-0.2, 0) is 13.0 Å². The molecule has 2 aromatic carbocycles. The Bertz CT molecular complexity index is 860. The Morgan fingerprint density at radius 1 is 0.839 bits per heavy atom. The summed E-state index contributed by atoms with van der Waals surface area (Å²) in [6.07, 6.45) is 11.5. The molecule has 0 spiro atoms. The zero-order chi connectivity index (χ0) is 21.8. The molecule has 0 aromatic heterocycles. The SMILES string of the molecule is CCCC1CCC2CC(c3ccc(COc4ccc(CC)c(F)c4F)cc3)CCC2C1. The van der Waals surface area contributed by atoms with Crippen LogP contribution < -0.4 is 4.74 Å². The summed E-state index contributed by atoms with van der Waals surface area (Å²) in [7, 11) is 0. The highest BCUT2D eigenvalue weighted by molar-refractivity contribution is 5.32. The maximum Gasteiger partial charge on any atom is 0.200 e. The molecule has 0 aliphatic heterocycles. The van der Waals surface area contributed by atoms with Crippen LogP contribution in [0.4, 0.5) is 8.78 Å². The fourth-order valence-corrected chi connectivity index (χ4v) is 5.96. The van der Waals surface area contributed by atoms with E-state index in [1.807, 2.05) is 6.92 Å². The van der Waals surface area contributed by atoms with E-state index in [0.717, 1.165) is 23.3 Å². The Kier molecular flexibility index (Phi) is 7.30. The molecule has 0 heterocycles. The van der Waals surface area contributed by atoms with Crippen LogP contribution in [0.1, 0.15) is 87.8 Å². The number of benzene rings is 2. The summed E-state index contributed by atoms with van der Waals surface area (Å²) >= 11 is 0. The van der Waals surface area contributed by atoms with Gasteiger partial charge in [-0.05, 0) is 85.0 Å². The van der Waals surface area contributed by atoms with Gasteiger partial charge in [0, 0.05) is 0 Å². The van der Waals surface area contributed by atoms with Gasteiger partial charge in [0.1, 0.15) is 6.61 Å². The number of hydrogen-bond donors (Lipinski definition) is 0. The van der Waals surface area contributed by atoms with Crippen molar-refractivity contribution < 1.29 is 13.5 Å². The van der Waals surface area contributed by atoms with Crippen molar-refractivity contribution in [3.8, 4) is 5.75 Å². The third-order valence-corrected chi connectivity index (χ3v) is 7.77. The number of ether oxygens (including phenoxy) is 1. The molecule has 0 saturated heterocycles. The molecule has 2 saturated carbocycles. The second-order valence-electron chi connectivity index (χ2n) is 9.73. The van der Waals surface area contributed by atoms with Gasteiger partial charge in [0.15, 0.2) is 11.6 Å². The van der Waals surface area contributed by atoms with E-state index < -0.39 is 11.6 Å². The van der Waals surface area contributed by atoms with E-state index in [9.17, 15) is 8.78 Å². The van der Waals surface area contributed by atoms with Crippen molar-refractivity contribution in [3.05, 3.63) is 64.7 Å². The minimum Gasteiger partial charge on any atom is -0.486 e. The quantitative estimate of drug-likeness (QED) is 0.433. The zero-order valence-electron chi connectivity index (χ0n) is 19.0. The minimum absolute atomic E-state index is 0.0178. The molecule has 4 rings (SSSR count). The monoisotopic (exact) mass is 426 g/mol. The number of fused-ring (bicyclic) bond motifs is 1. The lowest BCUT2D eigenvalue weighted by Crippen LogP contribution is -2.30. The second kappa shape index (κ2) is 10.1. The molecule has 0 amide bonds. The van der Waals surface area contributed by atoms with Crippen molar-refractivity contribution in [1.29, 1.82) is 0 Å². The average molecular weight is 427 g/mol. The standard InChI is InChI=1S/C28H36F2O/c1-3-5-19-6-11-25-17-24(13-12-23(25)16-19)22-9-7-20(8-10-22)18-31-26-15-14-21(4-2)27(29)28(26)30/h7-10,14-15,19,23-25H,3-6,11-13,16-18H2,1-2H3. The van der Waals surface area contributed by atoms with Crippen LogP contribution in [-0.4, -0.2) is 0 Å². The van der Waals surface area contributed by atoms with E-state index in [4.69, 9.17) is 4.74 Å². The molecule has 168 valence electrons. The average Bonchev–Trinajstić information content (AvgIpc) is 2.80. The van der Waals surface area contributed by atoms with Crippen molar-refractivity contribution in [3.63, 3.8) is 0 Å². The van der Waals surface area contributed by atoms with Gasteiger partial charge in [-0.1, -0.05) is 63.4 Å². The molecule has 4 atom stereocenters. The van der Waals surface area contributed by atoms with Gasteiger partial charge in [-0.15, -0.1) is 0 Å². The molecular weight excluding hydrogens is 390 g/mol. The summed E-state index contributed by atoms with van der Waals surface area (Å²) in [5, 5.41) is 0. The van der Waals surface area contributed by atoms with Gasteiger partial charge in [-0.2, -0.15) is 4.39 Å². The topological polar surface area (TPSA) is 9.23 Å². The van der Waals surface area contributed by atoms with Crippen molar-refractivity contribution in [2.75, 3.05) is 0 Å². The largest absolute Gasteiger partial charge is 0.486 e. The van der Waals surface area contributed by atoms with E-state index in [1.54, 1.807) is 6.07 Å². The summed E-state index contributed by atoms with van der Waals surface area (Å²) < 4.78 is 33.7. The highest BCUT2D eigenvalue weighted by Gasteiger charge is 2.35. The van der Waals surface area contributed by atoms with Crippen LogP contribution in [0.15, 0.2) is 36.4 Å². The summed E-state index contributed by atoms with van der Waals surface area (Å²) in [6.45, 7) is 4.37. The summed E-state index contributed by atoms with van der Waals surface area (Å²) in [5.41, 5.74) is 2.78. The lowest BCUT2D eigenvalue weighted by atomic mass is 9.63. The van der Waals surface area contributed by atoms with E-state index >= 15 is 0 Å². The molecule has 4 unspecified atom stereocenters. The molecule has 2 aliphatic carbocycles. The smallest absolute Gasteiger partial charge is 0.200 e. The van der Waals surface area contributed by atoms with Gasteiger partial charge < -0.3 is 4.74 Å². The van der Waals surface area contributed by atoms with Gasteiger partial charge in [0.25, 0.3) is 0 Å². The maximum absolute atomic E-state index is 14.2. The number of halogens is 2. The third-order valence-electron chi connectivity index (χ3n) is 7.77. The first kappa shape index (κ1) is 22.3. The number of hydrogen-bond acceptors (Lipinski definition) is 1. The lowest BCUT2D eigenvalue weighted by Gasteiger charge is -2.42. The third kappa shape index (κ3) is 5.13. The molecule has 0 bridgehead atoms. The Morgan fingerprint density at radius 2 is 1.58 bits per heavy atom. The Labute approximate surface area is 186 Å². The molecule has 3 heteroatoms. The fourth-order valence-electron chi connectivity index (χ4n) is 5.96. The summed E-state index contributed by atoms with van der Waals surface area (Å²) in [5.74, 6) is 1.78. The van der Waals surface area contributed by atoms with Crippen LogP contribution in [0.25, 0.3) is 0 Å².